The normalized spacial score (nSPS) is 14.6. The first-order chi connectivity index (χ1) is 18.1. The molecular formula is C30H55N3O6. The zero-order valence-corrected chi connectivity index (χ0v) is 26.0. The van der Waals surface area contributed by atoms with Crippen LogP contribution in [0.4, 0.5) is 4.79 Å². The van der Waals surface area contributed by atoms with E-state index in [1.165, 1.54) is 0 Å². The van der Waals surface area contributed by atoms with Crippen LogP contribution in [0.3, 0.4) is 0 Å². The molecule has 39 heavy (non-hydrogen) atoms. The van der Waals surface area contributed by atoms with Crippen molar-refractivity contribution in [1.29, 1.82) is 0 Å². The Bertz CT molecular complexity index is 779. The third-order valence-electron chi connectivity index (χ3n) is 6.88. The molecule has 1 rings (SSSR count). The topological polar surface area (TPSA) is 96.5 Å². The zero-order valence-electron chi connectivity index (χ0n) is 26.0. The van der Waals surface area contributed by atoms with Gasteiger partial charge in [0.05, 0.1) is 13.0 Å². The molecule has 9 nitrogen and oxygen atoms in total. The number of unbranched alkanes of at least 4 members (excludes halogenated alkanes) is 3. The van der Waals surface area contributed by atoms with Crippen molar-refractivity contribution >= 4 is 23.9 Å². The van der Waals surface area contributed by atoms with Crippen molar-refractivity contribution in [2.24, 2.45) is 11.3 Å². The number of piperidine rings is 1. The Balaban J connectivity index is 2.15. The van der Waals surface area contributed by atoms with E-state index in [2.05, 4.69) is 20.8 Å². The SMILES string of the molecule is CN(CCCC(C)(C)C)C(=O)OCCCCCCN(C)C(=O)C1CCN(C(=O)CCC(=O)OC(C)(C)C)CC1. The van der Waals surface area contributed by atoms with Crippen molar-refractivity contribution in [3.8, 4) is 0 Å². The molecule has 1 fully saturated rings. The average Bonchev–Trinajstić information content (AvgIpc) is 2.84. The predicted molar refractivity (Wildman–Crippen MR) is 153 cm³/mol. The van der Waals surface area contributed by atoms with E-state index >= 15 is 0 Å². The molecule has 0 radical (unpaired) electrons. The lowest BCUT2D eigenvalue weighted by molar-refractivity contribution is -0.156. The summed E-state index contributed by atoms with van der Waals surface area (Å²) in [5.41, 5.74) is -0.282. The Morgan fingerprint density at radius 3 is 1.97 bits per heavy atom. The van der Waals surface area contributed by atoms with Gasteiger partial charge in [-0.25, -0.2) is 4.79 Å². The van der Waals surface area contributed by atoms with Gasteiger partial charge in [-0.15, -0.1) is 0 Å². The maximum Gasteiger partial charge on any atom is 0.409 e. The number of rotatable bonds is 14. The lowest BCUT2D eigenvalue weighted by atomic mass is 9.90. The summed E-state index contributed by atoms with van der Waals surface area (Å²) in [5.74, 6) is -0.347. The highest BCUT2D eigenvalue weighted by Crippen LogP contribution is 2.22. The van der Waals surface area contributed by atoms with Crippen molar-refractivity contribution in [3.05, 3.63) is 0 Å². The van der Waals surface area contributed by atoms with E-state index < -0.39 is 5.60 Å². The molecule has 1 aliphatic rings. The molecule has 0 aromatic heterocycles. The molecule has 0 unspecified atom stereocenters. The highest BCUT2D eigenvalue weighted by atomic mass is 16.6. The first-order valence-corrected chi connectivity index (χ1v) is 14.7. The van der Waals surface area contributed by atoms with Crippen molar-refractivity contribution < 1.29 is 28.7 Å². The molecule has 9 heteroatoms. The fraction of sp³-hybridized carbons (Fsp3) is 0.867. The number of carbonyl (C=O) groups excluding carboxylic acids is 4. The minimum atomic E-state index is -0.553. The molecule has 0 aromatic carbocycles. The van der Waals surface area contributed by atoms with E-state index in [1.54, 1.807) is 42.5 Å². The van der Waals surface area contributed by atoms with Crippen LogP contribution in [0.25, 0.3) is 0 Å². The fourth-order valence-electron chi connectivity index (χ4n) is 4.57. The summed E-state index contributed by atoms with van der Waals surface area (Å²) in [4.78, 5) is 54.5. The van der Waals surface area contributed by atoms with Gasteiger partial charge in [0.25, 0.3) is 0 Å². The number of ether oxygens (including phenoxy) is 2. The van der Waals surface area contributed by atoms with Crippen LogP contribution in [0.1, 0.15) is 106 Å². The Morgan fingerprint density at radius 1 is 0.795 bits per heavy atom. The quantitative estimate of drug-likeness (QED) is 0.215. The van der Waals surface area contributed by atoms with Gasteiger partial charge in [0.15, 0.2) is 0 Å². The van der Waals surface area contributed by atoms with E-state index in [1.807, 2.05) is 7.05 Å². The summed E-state index contributed by atoms with van der Waals surface area (Å²) in [7, 11) is 3.63. The lowest BCUT2D eigenvalue weighted by Crippen LogP contribution is -2.43. The highest BCUT2D eigenvalue weighted by molar-refractivity contribution is 5.82. The summed E-state index contributed by atoms with van der Waals surface area (Å²) in [6, 6.07) is 0. The first-order valence-electron chi connectivity index (χ1n) is 14.7. The fourth-order valence-corrected chi connectivity index (χ4v) is 4.57. The number of amides is 3. The molecule has 0 aromatic rings. The average molecular weight is 554 g/mol. The van der Waals surface area contributed by atoms with Crippen LogP contribution in [0.5, 0.6) is 0 Å². The summed E-state index contributed by atoms with van der Waals surface area (Å²) in [6.45, 7) is 14.9. The van der Waals surface area contributed by atoms with Crippen molar-refractivity contribution in [2.75, 3.05) is 46.9 Å². The summed E-state index contributed by atoms with van der Waals surface area (Å²) in [5, 5.41) is 0. The Labute approximate surface area is 236 Å². The summed E-state index contributed by atoms with van der Waals surface area (Å²) < 4.78 is 10.6. The number of likely N-dealkylation sites (tertiary alicyclic amines) is 1. The van der Waals surface area contributed by atoms with Crippen molar-refractivity contribution in [1.82, 2.24) is 14.7 Å². The number of nitrogens with zero attached hydrogens (tertiary/aromatic N) is 3. The van der Waals surface area contributed by atoms with Gasteiger partial charge in [-0.1, -0.05) is 27.2 Å². The van der Waals surface area contributed by atoms with Crippen LogP contribution in [0, 0.1) is 11.3 Å². The van der Waals surface area contributed by atoms with Crippen LogP contribution < -0.4 is 0 Å². The Kier molecular flexibility index (Phi) is 14.9. The van der Waals surface area contributed by atoms with Gasteiger partial charge in [-0.05, 0) is 71.1 Å². The second-order valence-corrected chi connectivity index (χ2v) is 13.1. The standard InChI is InChI=1S/C30H55N3O6/c1-29(2,3)18-13-20-32(8)28(37)38-23-12-10-9-11-19-31(7)27(36)24-16-21-33(22-17-24)25(34)14-15-26(35)39-30(4,5)6/h24H,9-23H2,1-8H3. The molecule has 3 amide bonds. The van der Waals surface area contributed by atoms with E-state index in [0.717, 1.165) is 38.5 Å². The van der Waals surface area contributed by atoms with E-state index in [-0.39, 0.29) is 48.1 Å². The van der Waals surface area contributed by atoms with Crippen molar-refractivity contribution in [2.45, 2.75) is 111 Å². The maximum absolute atomic E-state index is 12.9. The van der Waals surface area contributed by atoms with Crippen LogP contribution in [-0.4, -0.2) is 91.1 Å². The molecule has 1 aliphatic heterocycles. The lowest BCUT2D eigenvalue weighted by Gasteiger charge is -2.33. The number of carbonyl (C=O) groups is 4. The second-order valence-electron chi connectivity index (χ2n) is 13.1. The third kappa shape index (κ3) is 15.8. The molecule has 1 heterocycles. The van der Waals surface area contributed by atoms with Gasteiger partial charge in [-0.2, -0.15) is 0 Å². The molecule has 0 saturated carbocycles. The van der Waals surface area contributed by atoms with Crippen molar-refractivity contribution in [3.63, 3.8) is 0 Å². The van der Waals surface area contributed by atoms with Crippen LogP contribution >= 0.6 is 0 Å². The van der Waals surface area contributed by atoms with Crippen LogP contribution in [0.15, 0.2) is 0 Å². The molecule has 226 valence electrons. The number of hydrogen-bond donors (Lipinski definition) is 0. The highest BCUT2D eigenvalue weighted by Gasteiger charge is 2.29. The Morgan fingerprint density at radius 2 is 1.38 bits per heavy atom. The van der Waals surface area contributed by atoms with Gasteiger partial charge < -0.3 is 24.2 Å². The predicted octanol–water partition coefficient (Wildman–Crippen LogP) is 5.26. The van der Waals surface area contributed by atoms with Gasteiger partial charge in [0.1, 0.15) is 5.60 Å². The first kappa shape index (κ1) is 34.7. The Hall–Kier alpha value is -2.32. The van der Waals surface area contributed by atoms with E-state index in [9.17, 15) is 19.2 Å². The third-order valence-corrected chi connectivity index (χ3v) is 6.88. The smallest absolute Gasteiger partial charge is 0.409 e. The second kappa shape index (κ2) is 16.7. The van der Waals surface area contributed by atoms with Crippen LogP contribution in [-0.2, 0) is 23.9 Å². The molecule has 0 spiro atoms. The number of hydrogen-bond acceptors (Lipinski definition) is 6. The zero-order chi connectivity index (χ0) is 29.6. The van der Waals surface area contributed by atoms with Gasteiger partial charge >= 0.3 is 12.1 Å². The number of esters is 1. The largest absolute Gasteiger partial charge is 0.460 e. The van der Waals surface area contributed by atoms with Gasteiger partial charge in [-0.3, -0.25) is 14.4 Å². The molecule has 0 N–H and O–H groups in total. The molecule has 1 saturated heterocycles. The van der Waals surface area contributed by atoms with Crippen LogP contribution in [0.2, 0.25) is 0 Å². The molecule has 0 aliphatic carbocycles. The van der Waals surface area contributed by atoms with E-state index in [4.69, 9.17) is 9.47 Å². The monoisotopic (exact) mass is 553 g/mol. The summed E-state index contributed by atoms with van der Waals surface area (Å²) >= 11 is 0. The molecule has 0 atom stereocenters. The minimum Gasteiger partial charge on any atom is -0.460 e. The van der Waals surface area contributed by atoms with Gasteiger partial charge in [0.2, 0.25) is 11.8 Å². The minimum absolute atomic E-state index is 0.0574. The van der Waals surface area contributed by atoms with E-state index in [0.29, 0.717) is 45.6 Å². The molecular weight excluding hydrogens is 498 g/mol. The summed E-state index contributed by atoms with van der Waals surface area (Å²) in [6.07, 6.45) is 6.94. The maximum atomic E-state index is 12.9. The molecule has 0 bridgehead atoms. The van der Waals surface area contributed by atoms with Gasteiger partial charge in [0, 0.05) is 52.6 Å².